The molecule has 1 spiro atoms. The van der Waals surface area contributed by atoms with Gasteiger partial charge in [0.05, 0.1) is 12.0 Å². The van der Waals surface area contributed by atoms with Gasteiger partial charge in [-0.25, -0.2) is 9.79 Å². The molecule has 1 fully saturated rings. The van der Waals surface area contributed by atoms with Crippen molar-refractivity contribution in [3.05, 3.63) is 46.7 Å². The molecule has 35 heavy (non-hydrogen) atoms. The van der Waals surface area contributed by atoms with Crippen molar-refractivity contribution >= 4 is 40.6 Å². The molecule has 1 N–H and O–H groups in total. The first-order valence-electron chi connectivity index (χ1n) is 11.5. The van der Waals surface area contributed by atoms with Crippen LogP contribution in [0.25, 0.3) is 0 Å². The number of hydrogen-bond donors (Lipinski definition) is 1. The second-order valence-electron chi connectivity index (χ2n) is 9.56. The van der Waals surface area contributed by atoms with Crippen LogP contribution in [-0.2, 0) is 14.3 Å². The standard InChI is InChI=1S/C25H30N4O5S/c1-24(2,3)34-23(32)28-13-11-25(12-14-28)27-21(19-6-5-15-35-19)22(31)29(25)16-20(30)26-17-7-9-18(33-4)10-8-17/h5-10,15H,11-14,16H2,1-4H3,(H,26,30). The zero-order valence-electron chi connectivity index (χ0n) is 20.4. The number of methoxy groups -OCH3 is 1. The molecule has 4 rings (SSSR count). The van der Waals surface area contributed by atoms with Crippen molar-refractivity contribution in [1.82, 2.24) is 9.80 Å². The molecule has 2 aromatic rings. The number of carbonyl (C=O) groups excluding carboxylic acids is 3. The molecule has 0 aliphatic carbocycles. The maximum absolute atomic E-state index is 13.5. The zero-order valence-corrected chi connectivity index (χ0v) is 21.2. The van der Waals surface area contributed by atoms with Crippen molar-refractivity contribution in [2.45, 2.75) is 44.9 Å². The molecule has 0 saturated carbocycles. The number of carbonyl (C=O) groups is 3. The predicted octanol–water partition coefficient (Wildman–Crippen LogP) is 3.75. The summed E-state index contributed by atoms with van der Waals surface area (Å²) in [5, 5.41) is 4.73. The summed E-state index contributed by atoms with van der Waals surface area (Å²) < 4.78 is 10.7. The maximum atomic E-state index is 13.5. The van der Waals surface area contributed by atoms with E-state index < -0.39 is 11.3 Å². The van der Waals surface area contributed by atoms with Crippen LogP contribution in [0.1, 0.15) is 38.5 Å². The average molecular weight is 499 g/mol. The van der Waals surface area contributed by atoms with E-state index in [2.05, 4.69) is 5.32 Å². The monoisotopic (exact) mass is 498 g/mol. The highest BCUT2D eigenvalue weighted by atomic mass is 32.1. The second kappa shape index (κ2) is 9.69. The molecule has 3 amide bonds. The van der Waals surface area contributed by atoms with Gasteiger partial charge in [0, 0.05) is 31.6 Å². The van der Waals surface area contributed by atoms with Crippen molar-refractivity contribution in [3.63, 3.8) is 0 Å². The lowest BCUT2D eigenvalue weighted by molar-refractivity contribution is -0.134. The number of ether oxygens (including phenoxy) is 2. The Hall–Kier alpha value is -3.40. The summed E-state index contributed by atoms with van der Waals surface area (Å²) in [5.74, 6) is 0.0885. The number of amides is 3. The number of nitrogens with zero attached hydrogens (tertiary/aromatic N) is 3. The number of likely N-dealkylation sites (tertiary alicyclic amines) is 1. The van der Waals surface area contributed by atoms with Crippen LogP contribution in [0.5, 0.6) is 5.75 Å². The summed E-state index contributed by atoms with van der Waals surface area (Å²) in [5.41, 5.74) is -0.503. The van der Waals surface area contributed by atoms with E-state index in [9.17, 15) is 14.4 Å². The summed E-state index contributed by atoms with van der Waals surface area (Å²) in [6, 6.07) is 10.7. The van der Waals surface area contributed by atoms with E-state index in [1.807, 2.05) is 38.3 Å². The van der Waals surface area contributed by atoms with Crippen LogP contribution in [0, 0.1) is 0 Å². The largest absolute Gasteiger partial charge is 0.497 e. The Bertz CT molecular complexity index is 1110. The molecule has 1 aromatic heterocycles. The third-order valence-corrected chi connectivity index (χ3v) is 6.79. The normalized spacial score (nSPS) is 17.4. The molecule has 0 atom stereocenters. The van der Waals surface area contributed by atoms with Crippen molar-refractivity contribution < 1.29 is 23.9 Å². The van der Waals surface area contributed by atoms with Gasteiger partial charge >= 0.3 is 6.09 Å². The molecule has 1 aromatic carbocycles. The smallest absolute Gasteiger partial charge is 0.410 e. The van der Waals surface area contributed by atoms with E-state index >= 15 is 0 Å². The second-order valence-corrected chi connectivity index (χ2v) is 10.5. The van der Waals surface area contributed by atoms with Gasteiger partial charge in [-0.3, -0.25) is 9.59 Å². The Morgan fingerprint density at radius 2 is 1.83 bits per heavy atom. The summed E-state index contributed by atoms with van der Waals surface area (Å²) >= 11 is 1.43. The molecule has 0 radical (unpaired) electrons. The first-order valence-corrected chi connectivity index (χ1v) is 12.4. The Kier molecular flexibility index (Phi) is 6.84. The Labute approximate surface area is 208 Å². The van der Waals surface area contributed by atoms with Gasteiger partial charge in [-0.2, -0.15) is 0 Å². The fourth-order valence-corrected chi connectivity index (χ4v) is 4.91. The molecular formula is C25H30N4O5S. The van der Waals surface area contributed by atoms with E-state index in [4.69, 9.17) is 14.5 Å². The summed E-state index contributed by atoms with van der Waals surface area (Å²) in [4.78, 5) is 47.8. The molecule has 1 saturated heterocycles. The van der Waals surface area contributed by atoms with Crippen LogP contribution in [0.3, 0.4) is 0 Å². The molecular weight excluding hydrogens is 468 g/mol. The van der Waals surface area contributed by atoms with Gasteiger partial charge < -0.3 is 24.6 Å². The van der Waals surface area contributed by atoms with E-state index in [1.54, 1.807) is 41.2 Å². The predicted molar refractivity (Wildman–Crippen MR) is 134 cm³/mol. The average Bonchev–Trinajstić information content (AvgIpc) is 3.42. The Morgan fingerprint density at radius 1 is 1.14 bits per heavy atom. The van der Waals surface area contributed by atoms with E-state index in [1.165, 1.54) is 11.3 Å². The Morgan fingerprint density at radius 3 is 2.40 bits per heavy atom. The van der Waals surface area contributed by atoms with Crippen LogP contribution in [-0.4, -0.2) is 71.4 Å². The van der Waals surface area contributed by atoms with Crippen molar-refractivity contribution in [2.75, 3.05) is 32.1 Å². The van der Waals surface area contributed by atoms with Crippen molar-refractivity contribution in [2.24, 2.45) is 4.99 Å². The van der Waals surface area contributed by atoms with Gasteiger partial charge in [0.25, 0.3) is 5.91 Å². The van der Waals surface area contributed by atoms with Gasteiger partial charge in [-0.1, -0.05) is 6.07 Å². The van der Waals surface area contributed by atoms with E-state index in [0.29, 0.717) is 43.1 Å². The lowest BCUT2D eigenvalue weighted by Crippen LogP contribution is -2.56. The highest BCUT2D eigenvalue weighted by Crippen LogP contribution is 2.37. The zero-order chi connectivity index (χ0) is 25.2. The Balaban J connectivity index is 1.51. The molecule has 0 bridgehead atoms. The highest BCUT2D eigenvalue weighted by molar-refractivity contribution is 7.13. The van der Waals surface area contributed by atoms with Crippen molar-refractivity contribution in [1.29, 1.82) is 0 Å². The van der Waals surface area contributed by atoms with E-state index in [-0.39, 0.29) is 24.5 Å². The van der Waals surface area contributed by atoms with Gasteiger partial charge in [-0.15, -0.1) is 11.3 Å². The number of rotatable bonds is 5. The summed E-state index contributed by atoms with van der Waals surface area (Å²) in [7, 11) is 1.57. The van der Waals surface area contributed by atoms with Crippen LogP contribution < -0.4 is 10.1 Å². The third-order valence-electron chi connectivity index (χ3n) is 5.92. The van der Waals surface area contributed by atoms with Crippen molar-refractivity contribution in [3.8, 4) is 5.75 Å². The summed E-state index contributed by atoms with van der Waals surface area (Å²) in [6.45, 7) is 6.09. The van der Waals surface area contributed by atoms with Crippen LogP contribution in [0.15, 0.2) is 46.8 Å². The maximum Gasteiger partial charge on any atom is 0.410 e. The summed E-state index contributed by atoms with van der Waals surface area (Å²) in [6.07, 6.45) is 0.452. The first kappa shape index (κ1) is 24.7. The number of thiophene rings is 1. The topological polar surface area (TPSA) is 101 Å². The first-order chi connectivity index (χ1) is 16.6. The van der Waals surface area contributed by atoms with Gasteiger partial charge in [0.2, 0.25) is 5.91 Å². The molecule has 2 aliphatic rings. The number of benzene rings is 1. The lowest BCUT2D eigenvalue weighted by atomic mass is 9.96. The SMILES string of the molecule is COc1ccc(NC(=O)CN2C(=O)C(c3cccs3)=NC23CCN(C(=O)OC(C)(C)C)CC3)cc1. The quantitative estimate of drug-likeness (QED) is 0.677. The van der Waals surface area contributed by atoms with Crippen LogP contribution in [0.2, 0.25) is 0 Å². The minimum atomic E-state index is -0.883. The number of anilines is 1. The van der Waals surface area contributed by atoms with Crippen LogP contribution in [0.4, 0.5) is 10.5 Å². The minimum absolute atomic E-state index is 0.143. The molecule has 9 nitrogen and oxygen atoms in total. The van der Waals surface area contributed by atoms with Gasteiger partial charge in [0.15, 0.2) is 0 Å². The minimum Gasteiger partial charge on any atom is -0.497 e. The fourth-order valence-electron chi connectivity index (χ4n) is 4.20. The molecule has 3 heterocycles. The van der Waals surface area contributed by atoms with Crippen LogP contribution >= 0.6 is 11.3 Å². The molecule has 186 valence electrons. The fraction of sp³-hybridized carbons (Fsp3) is 0.440. The lowest BCUT2D eigenvalue weighted by Gasteiger charge is -2.42. The van der Waals surface area contributed by atoms with E-state index in [0.717, 1.165) is 4.88 Å². The number of nitrogens with one attached hydrogen (secondary N) is 1. The highest BCUT2D eigenvalue weighted by Gasteiger charge is 2.50. The number of hydrogen-bond acceptors (Lipinski definition) is 7. The molecule has 2 aliphatic heterocycles. The number of piperidine rings is 1. The molecule has 0 unspecified atom stereocenters. The third kappa shape index (κ3) is 5.48. The number of aliphatic imine (C=N–C) groups is 1. The van der Waals surface area contributed by atoms with Gasteiger partial charge in [0.1, 0.15) is 29.3 Å². The molecule has 10 heteroatoms. The van der Waals surface area contributed by atoms with Gasteiger partial charge in [-0.05, 0) is 56.5 Å².